The van der Waals surface area contributed by atoms with Crippen LogP contribution in [0.15, 0.2) is 12.4 Å². The summed E-state index contributed by atoms with van der Waals surface area (Å²) in [5.74, 6) is 0. The van der Waals surface area contributed by atoms with Gasteiger partial charge in [-0.25, -0.2) is 18.7 Å². The molecule has 0 fully saturated rings. The van der Waals surface area contributed by atoms with Crippen molar-refractivity contribution in [1.29, 1.82) is 0 Å². The predicted molar refractivity (Wildman–Crippen MR) is 47.7 cm³/mol. The van der Waals surface area contributed by atoms with Crippen LogP contribution in [0.2, 0.25) is 0 Å². The van der Waals surface area contributed by atoms with Gasteiger partial charge in [-0.3, -0.25) is 0 Å². The first-order valence-corrected chi connectivity index (χ1v) is 4.04. The van der Waals surface area contributed by atoms with Gasteiger partial charge < -0.3 is 10.1 Å². The van der Waals surface area contributed by atoms with Crippen molar-refractivity contribution in [3.05, 3.63) is 12.4 Å². The van der Waals surface area contributed by atoms with Gasteiger partial charge in [-0.2, -0.15) is 0 Å². The summed E-state index contributed by atoms with van der Waals surface area (Å²) in [5, 5.41) is 2.56. The average Bonchev–Trinajstić information content (AvgIpc) is 2.19. The van der Waals surface area contributed by atoms with Gasteiger partial charge in [0.05, 0.1) is 31.2 Å². The van der Waals surface area contributed by atoms with E-state index in [1.165, 1.54) is 26.4 Å². The molecule has 1 rings (SSSR count). The van der Waals surface area contributed by atoms with Gasteiger partial charge >= 0.3 is 6.01 Å². The summed E-state index contributed by atoms with van der Waals surface area (Å²) in [5.41, 5.74) is 0.443. The zero-order chi connectivity index (χ0) is 10.6. The van der Waals surface area contributed by atoms with Crippen LogP contribution in [0.4, 0.5) is 14.5 Å². The second-order valence-corrected chi connectivity index (χ2v) is 2.73. The topological polar surface area (TPSA) is 47.0 Å². The fourth-order valence-corrected chi connectivity index (χ4v) is 0.822. The zero-order valence-electron chi connectivity index (χ0n) is 7.87. The fourth-order valence-electron chi connectivity index (χ4n) is 0.822. The highest BCUT2D eigenvalue weighted by Gasteiger charge is 2.13. The molecule has 0 aliphatic carbocycles. The molecule has 1 heterocycles. The molecule has 6 heteroatoms. The van der Waals surface area contributed by atoms with Gasteiger partial charge in [0.25, 0.3) is 6.43 Å². The second kappa shape index (κ2) is 4.69. The molecule has 1 N–H and O–H groups in total. The van der Waals surface area contributed by atoms with E-state index in [9.17, 15) is 8.78 Å². The Morgan fingerprint density at radius 2 is 1.93 bits per heavy atom. The van der Waals surface area contributed by atoms with Gasteiger partial charge in [-0.15, -0.1) is 0 Å². The SMILES string of the molecule is COc1ncc(NC(C)C(F)F)cn1. The molecule has 0 radical (unpaired) electrons. The van der Waals surface area contributed by atoms with E-state index in [4.69, 9.17) is 4.74 Å². The van der Waals surface area contributed by atoms with E-state index in [1.54, 1.807) is 0 Å². The molecule has 1 aromatic heterocycles. The maximum absolute atomic E-state index is 12.1. The van der Waals surface area contributed by atoms with Crippen molar-refractivity contribution < 1.29 is 13.5 Å². The lowest BCUT2D eigenvalue weighted by Gasteiger charge is -2.13. The third-order valence-electron chi connectivity index (χ3n) is 1.58. The average molecular weight is 203 g/mol. The van der Waals surface area contributed by atoms with E-state index in [-0.39, 0.29) is 6.01 Å². The monoisotopic (exact) mass is 203 g/mol. The largest absolute Gasteiger partial charge is 0.467 e. The maximum Gasteiger partial charge on any atom is 0.316 e. The molecule has 0 bridgehead atoms. The van der Waals surface area contributed by atoms with Crippen LogP contribution in [-0.2, 0) is 0 Å². The second-order valence-electron chi connectivity index (χ2n) is 2.73. The Hall–Kier alpha value is -1.46. The number of halogens is 2. The van der Waals surface area contributed by atoms with E-state index >= 15 is 0 Å². The fraction of sp³-hybridized carbons (Fsp3) is 0.500. The molecule has 1 unspecified atom stereocenters. The Labute approximate surface area is 80.3 Å². The predicted octanol–water partition coefficient (Wildman–Crippen LogP) is 1.55. The van der Waals surface area contributed by atoms with Crippen LogP contribution in [0.1, 0.15) is 6.92 Å². The van der Waals surface area contributed by atoms with E-state index in [2.05, 4.69) is 15.3 Å². The number of nitrogens with zero attached hydrogens (tertiary/aromatic N) is 2. The molecular weight excluding hydrogens is 192 g/mol. The summed E-state index contributed by atoms with van der Waals surface area (Å²) in [6.45, 7) is 1.38. The van der Waals surface area contributed by atoms with Crippen LogP contribution in [0.25, 0.3) is 0 Å². The van der Waals surface area contributed by atoms with E-state index in [0.29, 0.717) is 5.69 Å². The molecule has 0 saturated heterocycles. The normalized spacial score (nSPS) is 12.6. The number of methoxy groups -OCH3 is 1. The van der Waals surface area contributed by atoms with Crippen LogP contribution < -0.4 is 10.1 Å². The van der Waals surface area contributed by atoms with Crippen molar-refractivity contribution in [2.24, 2.45) is 0 Å². The van der Waals surface area contributed by atoms with Gasteiger partial charge in [0.15, 0.2) is 0 Å². The molecule has 14 heavy (non-hydrogen) atoms. The van der Waals surface area contributed by atoms with Gasteiger partial charge in [0.2, 0.25) is 0 Å². The zero-order valence-corrected chi connectivity index (χ0v) is 7.87. The van der Waals surface area contributed by atoms with Crippen molar-refractivity contribution >= 4 is 5.69 Å². The molecule has 0 aliphatic rings. The summed E-state index contributed by atoms with van der Waals surface area (Å²) >= 11 is 0. The lowest BCUT2D eigenvalue weighted by Crippen LogP contribution is -2.23. The van der Waals surface area contributed by atoms with Crippen LogP contribution in [0.3, 0.4) is 0 Å². The lowest BCUT2D eigenvalue weighted by atomic mass is 10.3. The highest BCUT2D eigenvalue weighted by molar-refractivity contribution is 5.39. The summed E-state index contributed by atoms with van der Waals surface area (Å²) in [6, 6.07) is -0.716. The van der Waals surface area contributed by atoms with Gasteiger partial charge in [0, 0.05) is 0 Å². The minimum absolute atomic E-state index is 0.209. The third-order valence-corrected chi connectivity index (χ3v) is 1.58. The molecule has 0 aromatic carbocycles. The number of hydrogen-bond acceptors (Lipinski definition) is 4. The quantitative estimate of drug-likeness (QED) is 0.806. The summed E-state index contributed by atoms with van der Waals surface area (Å²) in [6.07, 6.45) is 0.368. The highest BCUT2D eigenvalue weighted by Crippen LogP contribution is 2.11. The number of alkyl halides is 2. The Kier molecular flexibility index (Phi) is 3.55. The number of anilines is 1. The first-order chi connectivity index (χ1) is 6.63. The Balaban J connectivity index is 2.59. The van der Waals surface area contributed by atoms with Crippen LogP contribution in [0, 0.1) is 0 Å². The van der Waals surface area contributed by atoms with Crippen molar-refractivity contribution in [3.8, 4) is 6.01 Å². The van der Waals surface area contributed by atoms with Crippen molar-refractivity contribution in [2.75, 3.05) is 12.4 Å². The molecule has 0 spiro atoms. The molecular formula is C8H11F2N3O. The van der Waals surface area contributed by atoms with Crippen molar-refractivity contribution in [2.45, 2.75) is 19.4 Å². The van der Waals surface area contributed by atoms with E-state index in [1.807, 2.05) is 0 Å². The first kappa shape index (κ1) is 10.6. The highest BCUT2D eigenvalue weighted by atomic mass is 19.3. The standard InChI is InChI=1S/C8H11F2N3O/c1-5(7(9)10)13-6-3-11-8(14-2)12-4-6/h3-5,7,13H,1-2H3. The third kappa shape index (κ3) is 2.79. The molecule has 4 nitrogen and oxygen atoms in total. The number of aromatic nitrogens is 2. The number of hydrogen-bond donors (Lipinski definition) is 1. The molecule has 1 atom stereocenters. The molecule has 78 valence electrons. The summed E-state index contributed by atoms with van der Waals surface area (Å²) < 4.78 is 29.0. The summed E-state index contributed by atoms with van der Waals surface area (Å²) in [7, 11) is 1.43. The van der Waals surface area contributed by atoms with Crippen LogP contribution >= 0.6 is 0 Å². The van der Waals surface area contributed by atoms with Crippen molar-refractivity contribution in [3.63, 3.8) is 0 Å². The van der Waals surface area contributed by atoms with Crippen molar-refractivity contribution in [1.82, 2.24) is 9.97 Å². The molecule has 1 aromatic rings. The number of ether oxygens (including phenoxy) is 1. The molecule has 0 amide bonds. The Bertz CT molecular complexity index is 278. The molecule has 0 saturated carbocycles. The van der Waals surface area contributed by atoms with E-state index in [0.717, 1.165) is 0 Å². The Morgan fingerprint density at radius 3 is 2.36 bits per heavy atom. The minimum Gasteiger partial charge on any atom is -0.467 e. The smallest absolute Gasteiger partial charge is 0.316 e. The van der Waals surface area contributed by atoms with Gasteiger partial charge in [-0.05, 0) is 6.92 Å². The van der Waals surface area contributed by atoms with Crippen LogP contribution in [-0.4, -0.2) is 29.5 Å². The summed E-state index contributed by atoms with van der Waals surface area (Å²) in [4.78, 5) is 7.54. The van der Waals surface area contributed by atoms with Crippen LogP contribution in [0.5, 0.6) is 6.01 Å². The number of rotatable bonds is 4. The van der Waals surface area contributed by atoms with E-state index < -0.39 is 12.5 Å². The first-order valence-electron chi connectivity index (χ1n) is 4.04. The van der Waals surface area contributed by atoms with Gasteiger partial charge in [-0.1, -0.05) is 0 Å². The maximum atomic E-state index is 12.1. The van der Waals surface area contributed by atoms with Gasteiger partial charge in [0.1, 0.15) is 0 Å². The lowest BCUT2D eigenvalue weighted by molar-refractivity contribution is 0.130. The number of nitrogens with one attached hydrogen (secondary N) is 1. The minimum atomic E-state index is -2.42. The molecule has 0 aliphatic heterocycles. The Morgan fingerprint density at radius 1 is 1.36 bits per heavy atom.